The fourth-order valence-corrected chi connectivity index (χ4v) is 3.43. The zero-order valence-electron chi connectivity index (χ0n) is 16.1. The first-order valence-corrected chi connectivity index (χ1v) is 9.65. The number of halogens is 3. The third-order valence-electron chi connectivity index (χ3n) is 4.69. The van der Waals surface area contributed by atoms with Crippen LogP contribution in [0.15, 0.2) is 47.3 Å². The zero-order valence-corrected chi connectivity index (χ0v) is 16.8. The van der Waals surface area contributed by atoms with Crippen LogP contribution in [0.1, 0.15) is 12.0 Å². The van der Waals surface area contributed by atoms with Gasteiger partial charge in [0.05, 0.1) is 0 Å². The summed E-state index contributed by atoms with van der Waals surface area (Å²) in [5.74, 6) is -1.29. The first-order chi connectivity index (χ1) is 14.4. The lowest BCUT2D eigenvalue weighted by Gasteiger charge is -2.28. The fourth-order valence-electron chi connectivity index (χ4n) is 3.25. The van der Waals surface area contributed by atoms with Crippen LogP contribution in [0.5, 0.6) is 17.4 Å². The molecule has 0 aliphatic carbocycles. The van der Waals surface area contributed by atoms with Gasteiger partial charge in [-0.05, 0) is 42.3 Å². The highest BCUT2D eigenvalue weighted by molar-refractivity contribution is 6.30. The third-order valence-corrected chi connectivity index (χ3v) is 4.93. The molecule has 1 aromatic heterocycles. The van der Waals surface area contributed by atoms with E-state index in [9.17, 15) is 13.6 Å². The number of anilines is 1. The molecule has 0 amide bonds. The molecular weight excluding hydrogens is 416 g/mol. The molecule has 2 heterocycles. The Bertz CT molecular complexity index is 1130. The maximum atomic E-state index is 14.4. The van der Waals surface area contributed by atoms with Gasteiger partial charge in [-0.3, -0.25) is 4.57 Å². The first-order valence-electron chi connectivity index (χ1n) is 9.28. The van der Waals surface area contributed by atoms with Crippen LogP contribution >= 0.6 is 11.6 Å². The SMILES string of the molecule is CN1CCCn2c1cc(OCc1cc(F)c(Oc3cccc(Cl)c3)c(F)c1)nc2=O. The number of fused-ring (bicyclic) bond motifs is 1. The van der Waals surface area contributed by atoms with Crippen molar-refractivity contribution in [2.24, 2.45) is 0 Å². The minimum absolute atomic E-state index is 0.0973. The topological polar surface area (TPSA) is 56.6 Å². The maximum absolute atomic E-state index is 14.4. The summed E-state index contributed by atoms with van der Waals surface area (Å²) in [5, 5.41) is 0.387. The van der Waals surface area contributed by atoms with Crippen molar-refractivity contribution in [3.05, 3.63) is 75.2 Å². The quantitative estimate of drug-likeness (QED) is 0.597. The highest BCUT2D eigenvalue weighted by atomic mass is 35.5. The van der Waals surface area contributed by atoms with Crippen molar-refractivity contribution in [3.63, 3.8) is 0 Å². The van der Waals surface area contributed by atoms with E-state index in [1.165, 1.54) is 6.07 Å². The van der Waals surface area contributed by atoms with Crippen LogP contribution in [0, 0.1) is 11.6 Å². The second-order valence-electron chi connectivity index (χ2n) is 6.90. The van der Waals surface area contributed by atoms with Gasteiger partial charge in [0.2, 0.25) is 5.88 Å². The Hall–Kier alpha value is -3.13. The largest absolute Gasteiger partial charge is 0.473 e. The first kappa shape index (κ1) is 20.2. The van der Waals surface area contributed by atoms with Gasteiger partial charge >= 0.3 is 5.69 Å². The molecule has 4 rings (SSSR count). The number of benzene rings is 2. The van der Waals surface area contributed by atoms with E-state index in [0.29, 0.717) is 17.4 Å². The van der Waals surface area contributed by atoms with Crippen molar-refractivity contribution < 1.29 is 18.3 Å². The number of ether oxygens (including phenoxy) is 2. The zero-order chi connectivity index (χ0) is 21.3. The summed E-state index contributed by atoms with van der Waals surface area (Å²) >= 11 is 5.86. The summed E-state index contributed by atoms with van der Waals surface area (Å²) in [6, 6.07) is 10.1. The van der Waals surface area contributed by atoms with Crippen molar-refractivity contribution >= 4 is 17.4 Å². The van der Waals surface area contributed by atoms with Crippen molar-refractivity contribution in [2.45, 2.75) is 19.6 Å². The van der Waals surface area contributed by atoms with Crippen LogP contribution in [0.2, 0.25) is 5.02 Å². The molecule has 0 bridgehead atoms. The van der Waals surface area contributed by atoms with Gasteiger partial charge in [0, 0.05) is 31.2 Å². The Labute approximate surface area is 176 Å². The smallest absolute Gasteiger partial charge is 0.352 e. The molecule has 1 aliphatic heterocycles. The Kier molecular flexibility index (Phi) is 5.59. The molecule has 30 heavy (non-hydrogen) atoms. The molecule has 0 unspecified atom stereocenters. The van der Waals surface area contributed by atoms with Gasteiger partial charge in [0.1, 0.15) is 18.2 Å². The molecule has 3 aromatic rings. The van der Waals surface area contributed by atoms with Crippen LogP contribution in [-0.4, -0.2) is 23.1 Å². The van der Waals surface area contributed by atoms with Crippen molar-refractivity contribution in [1.29, 1.82) is 0 Å². The molecule has 2 aromatic carbocycles. The lowest BCUT2D eigenvalue weighted by atomic mass is 10.2. The van der Waals surface area contributed by atoms with Crippen LogP contribution in [-0.2, 0) is 13.2 Å². The molecule has 0 radical (unpaired) electrons. The van der Waals surface area contributed by atoms with E-state index in [2.05, 4.69) is 4.98 Å². The van der Waals surface area contributed by atoms with E-state index >= 15 is 0 Å². The second kappa shape index (κ2) is 8.31. The molecule has 0 atom stereocenters. The van der Waals surface area contributed by atoms with Crippen LogP contribution in [0.3, 0.4) is 0 Å². The number of aromatic nitrogens is 2. The molecule has 1 aliphatic rings. The molecule has 0 N–H and O–H groups in total. The van der Waals surface area contributed by atoms with Gasteiger partial charge in [-0.25, -0.2) is 13.6 Å². The molecule has 0 spiro atoms. The minimum atomic E-state index is -0.883. The average Bonchev–Trinajstić information content (AvgIpc) is 2.70. The van der Waals surface area contributed by atoms with Gasteiger partial charge in [-0.1, -0.05) is 17.7 Å². The summed E-state index contributed by atoms with van der Waals surface area (Å²) in [5.41, 5.74) is -0.187. The Balaban J connectivity index is 1.51. The number of hydrogen-bond donors (Lipinski definition) is 0. The number of rotatable bonds is 5. The predicted octanol–water partition coefficient (Wildman–Crippen LogP) is 4.39. The molecule has 0 saturated heterocycles. The molecule has 156 valence electrons. The van der Waals surface area contributed by atoms with Gasteiger partial charge < -0.3 is 14.4 Å². The van der Waals surface area contributed by atoms with Gasteiger partial charge in [-0.15, -0.1) is 0 Å². The Morgan fingerprint density at radius 2 is 1.90 bits per heavy atom. The predicted molar refractivity (Wildman–Crippen MR) is 109 cm³/mol. The summed E-state index contributed by atoms with van der Waals surface area (Å²) in [6.45, 7) is 1.24. The lowest BCUT2D eigenvalue weighted by molar-refractivity contribution is 0.288. The fraction of sp³-hybridized carbons (Fsp3) is 0.238. The van der Waals surface area contributed by atoms with Crippen molar-refractivity contribution in [2.75, 3.05) is 18.5 Å². The standard InChI is InChI=1S/C21H18ClF2N3O3/c1-26-6-3-7-27-19(26)11-18(25-21(27)28)29-12-13-8-16(23)20(17(24)9-13)30-15-5-2-4-14(22)10-15/h2,4-5,8-11H,3,6-7,12H2,1H3. The molecular formula is C21H18ClF2N3O3. The highest BCUT2D eigenvalue weighted by Gasteiger charge is 2.18. The van der Waals surface area contributed by atoms with Gasteiger partial charge in [0.25, 0.3) is 0 Å². The summed E-state index contributed by atoms with van der Waals surface area (Å²) in [4.78, 5) is 18.0. The highest BCUT2D eigenvalue weighted by Crippen LogP contribution is 2.30. The molecule has 6 nitrogen and oxygen atoms in total. The monoisotopic (exact) mass is 433 g/mol. The van der Waals surface area contributed by atoms with Gasteiger partial charge in [0.15, 0.2) is 17.4 Å². The lowest BCUT2D eigenvalue weighted by Crippen LogP contribution is -2.36. The minimum Gasteiger partial charge on any atom is -0.473 e. The molecule has 9 heteroatoms. The van der Waals surface area contributed by atoms with Crippen LogP contribution in [0.4, 0.5) is 14.6 Å². The van der Waals surface area contributed by atoms with Gasteiger partial charge in [-0.2, -0.15) is 4.98 Å². The third kappa shape index (κ3) is 4.23. The second-order valence-corrected chi connectivity index (χ2v) is 7.34. The number of hydrogen-bond acceptors (Lipinski definition) is 5. The maximum Gasteiger partial charge on any atom is 0.352 e. The van der Waals surface area contributed by atoms with E-state index < -0.39 is 23.1 Å². The van der Waals surface area contributed by atoms with E-state index in [0.717, 1.165) is 25.1 Å². The van der Waals surface area contributed by atoms with Crippen LogP contribution < -0.4 is 20.1 Å². The summed E-state index contributed by atoms with van der Waals surface area (Å²) in [6.07, 6.45) is 0.855. The normalized spacial score (nSPS) is 13.1. The van der Waals surface area contributed by atoms with E-state index in [1.54, 1.807) is 28.8 Å². The average molecular weight is 434 g/mol. The van der Waals surface area contributed by atoms with Crippen molar-refractivity contribution in [3.8, 4) is 17.4 Å². The van der Waals surface area contributed by atoms with E-state index in [-0.39, 0.29) is 23.8 Å². The van der Waals surface area contributed by atoms with Crippen molar-refractivity contribution in [1.82, 2.24) is 9.55 Å². The summed E-state index contributed by atoms with van der Waals surface area (Å²) < 4.78 is 41.3. The Morgan fingerprint density at radius 1 is 1.13 bits per heavy atom. The van der Waals surface area contributed by atoms with E-state index in [1.807, 2.05) is 11.9 Å². The molecule has 0 saturated carbocycles. The Morgan fingerprint density at radius 3 is 2.63 bits per heavy atom. The number of nitrogens with zero attached hydrogens (tertiary/aromatic N) is 3. The van der Waals surface area contributed by atoms with E-state index in [4.69, 9.17) is 21.1 Å². The molecule has 0 fully saturated rings. The van der Waals surface area contributed by atoms with Crippen LogP contribution in [0.25, 0.3) is 0 Å². The summed E-state index contributed by atoms with van der Waals surface area (Å²) in [7, 11) is 1.87.